The van der Waals surface area contributed by atoms with Crippen molar-refractivity contribution in [1.82, 2.24) is 5.32 Å². The number of halogens is 1. The predicted octanol–water partition coefficient (Wildman–Crippen LogP) is 5.35. The van der Waals surface area contributed by atoms with E-state index in [0.29, 0.717) is 6.04 Å². The van der Waals surface area contributed by atoms with Gasteiger partial charge in [0.15, 0.2) is 0 Å². The summed E-state index contributed by atoms with van der Waals surface area (Å²) >= 11 is 5.56. The number of hydrogen-bond donors (Lipinski definition) is 1. The van der Waals surface area contributed by atoms with E-state index in [4.69, 9.17) is 0 Å². The lowest BCUT2D eigenvalue weighted by atomic mass is 9.84. The zero-order valence-corrected chi connectivity index (χ0v) is 15.3. The summed E-state index contributed by atoms with van der Waals surface area (Å²) in [6.07, 6.45) is 7.44. The first-order valence-electron chi connectivity index (χ1n) is 8.36. The minimum Gasteiger partial charge on any atom is -0.313 e. The summed E-state index contributed by atoms with van der Waals surface area (Å²) in [6.45, 7) is 3.32. The van der Waals surface area contributed by atoms with E-state index in [1.165, 1.54) is 47.2 Å². The maximum atomic E-state index is 3.72. The largest absolute Gasteiger partial charge is 0.313 e. The quantitative estimate of drug-likeness (QED) is 0.652. The van der Waals surface area contributed by atoms with Crippen LogP contribution in [0.2, 0.25) is 0 Å². The monoisotopic (exact) mass is 367 g/mol. The van der Waals surface area contributed by atoms with Gasteiger partial charge in [0.2, 0.25) is 0 Å². The standard InChI is InChI=1S/C18H26BrNS/c1-2-20-17(10-15-9-13-6-7-14(15)8-13)12-21-18-5-3-4-16(19)11-18/h3-5,11,13-15,17,20H,2,6-10,12H2,1H3. The number of hydrogen-bond acceptors (Lipinski definition) is 2. The average Bonchev–Trinajstić information content (AvgIpc) is 3.08. The van der Waals surface area contributed by atoms with E-state index in [1.54, 1.807) is 0 Å². The molecule has 2 bridgehead atoms. The molecule has 1 N–H and O–H groups in total. The van der Waals surface area contributed by atoms with Crippen molar-refractivity contribution < 1.29 is 0 Å². The Morgan fingerprint density at radius 2 is 2.24 bits per heavy atom. The third-order valence-electron chi connectivity index (χ3n) is 5.21. The fourth-order valence-corrected chi connectivity index (χ4v) is 5.87. The van der Waals surface area contributed by atoms with Crippen molar-refractivity contribution in [3.05, 3.63) is 28.7 Å². The third-order valence-corrected chi connectivity index (χ3v) is 6.86. The second kappa shape index (κ2) is 7.52. The predicted molar refractivity (Wildman–Crippen MR) is 95.9 cm³/mol. The first-order valence-corrected chi connectivity index (χ1v) is 10.1. The first kappa shape index (κ1) is 15.9. The topological polar surface area (TPSA) is 12.0 Å². The van der Waals surface area contributed by atoms with Gasteiger partial charge in [0.25, 0.3) is 0 Å². The van der Waals surface area contributed by atoms with E-state index in [2.05, 4.69) is 52.4 Å². The summed E-state index contributed by atoms with van der Waals surface area (Å²) in [5.74, 6) is 4.31. The van der Waals surface area contributed by atoms with E-state index < -0.39 is 0 Å². The molecular weight excluding hydrogens is 342 g/mol. The summed E-state index contributed by atoms with van der Waals surface area (Å²) < 4.78 is 1.18. The van der Waals surface area contributed by atoms with Crippen LogP contribution in [0, 0.1) is 17.8 Å². The van der Waals surface area contributed by atoms with E-state index in [-0.39, 0.29) is 0 Å². The van der Waals surface area contributed by atoms with Gasteiger partial charge in [-0.25, -0.2) is 0 Å². The molecule has 3 rings (SSSR count). The first-order chi connectivity index (χ1) is 10.2. The molecule has 2 aliphatic carbocycles. The Kier molecular flexibility index (Phi) is 5.69. The van der Waals surface area contributed by atoms with Crippen LogP contribution in [0.4, 0.5) is 0 Å². The van der Waals surface area contributed by atoms with Crippen LogP contribution in [0.25, 0.3) is 0 Å². The van der Waals surface area contributed by atoms with Crippen molar-refractivity contribution in [2.75, 3.05) is 12.3 Å². The molecular formula is C18H26BrNS. The maximum Gasteiger partial charge on any atom is 0.0186 e. The molecule has 1 aromatic carbocycles. The van der Waals surface area contributed by atoms with Gasteiger partial charge in [-0.05, 0) is 68.2 Å². The minimum atomic E-state index is 0.670. The highest BCUT2D eigenvalue weighted by Crippen LogP contribution is 2.50. The molecule has 2 aliphatic rings. The van der Waals surface area contributed by atoms with Crippen molar-refractivity contribution in [3.8, 4) is 0 Å². The second-order valence-electron chi connectivity index (χ2n) is 6.69. The summed E-state index contributed by atoms with van der Waals surface area (Å²) in [7, 11) is 0. The van der Waals surface area contributed by atoms with Crippen LogP contribution in [0.1, 0.15) is 39.0 Å². The summed E-state index contributed by atoms with van der Waals surface area (Å²) in [4.78, 5) is 1.38. The van der Waals surface area contributed by atoms with Crippen LogP contribution in [0.5, 0.6) is 0 Å². The zero-order valence-electron chi connectivity index (χ0n) is 12.9. The Morgan fingerprint density at radius 3 is 2.90 bits per heavy atom. The van der Waals surface area contributed by atoms with Crippen LogP contribution in [-0.4, -0.2) is 18.3 Å². The molecule has 1 nitrogen and oxygen atoms in total. The molecule has 116 valence electrons. The van der Waals surface area contributed by atoms with E-state index >= 15 is 0 Å². The molecule has 3 heteroatoms. The van der Waals surface area contributed by atoms with Crippen LogP contribution in [0.15, 0.2) is 33.6 Å². The van der Waals surface area contributed by atoms with Gasteiger partial charge in [0.05, 0.1) is 0 Å². The molecule has 0 radical (unpaired) electrons. The van der Waals surface area contributed by atoms with Crippen molar-refractivity contribution in [3.63, 3.8) is 0 Å². The Morgan fingerprint density at radius 1 is 1.33 bits per heavy atom. The number of fused-ring (bicyclic) bond motifs is 2. The van der Waals surface area contributed by atoms with Crippen molar-refractivity contribution in [1.29, 1.82) is 0 Å². The molecule has 0 saturated heterocycles. The maximum absolute atomic E-state index is 3.72. The SMILES string of the molecule is CCNC(CSc1cccc(Br)c1)CC1CC2CCC1C2. The Balaban J connectivity index is 1.52. The number of rotatable bonds is 7. The normalized spacial score (nSPS) is 29.0. The van der Waals surface area contributed by atoms with Gasteiger partial charge in [0, 0.05) is 21.2 Å². The van der Waals surface area contributed by atoms with Crippen LogP contribution >= 0.6 is 27.7 Å². The number of benzene rings is 1. The molecule has 2 fully saturated rings. The molecule has 0 heterocycles. The van der Waals surface area contributed by atoms with Crippen LogP contribution < -0.4 is 5.32 Å². The summed E-state index contributed by atoms with van der Waals surface area (Å²) in [5.41, 5.74) is 0. The molecule has 4 unspecified atom stereocenters. The zero-order chi connectivity index (χ0) is 14.7. The molecule has 2 saturated carbocycles. The van der Waals surface area contributed by atoms with E-state index in [0.717, 1.165) is 24.3 Å². The van der Waals surface area contributed by atoms with Crippen LogP contribution in [0.3, 0.4) is 0 Å². The Bertz CT molecular complexity index is 464. The molecule has 21 heavy (non-hydrogen) atoms. The Hall–Kier alpha value is 0.01000. The molecule has 0 amide bonds. The second-order valence-corrected chi connectivity index (χ2v) is 8.70. The van der Waals surface area contributed by atoms with E-state index in [1.807, 2.05) is 11.8 Å². The van der Waals surface area contributed by atoms with Gasteiger partial charge >= 0.3 is 0 Å². The van der Waals surface area contributed by atoms with Gasteiger partial charge in [-0.1, -0.05) is 35.3 Å². The van der Waals surface area contributed by atoms with Gasteiger partial charge in [0.1, 0.15) is 0 Å². The van der Waals surface area contributed by atoms with Crippen LogP contribution in [-0.2, 0) is 0 Å². The van der Waals surface area contributed by atoms with Gasteiger partial charge in [-0.15, -0.1) is 11.8 Å². The average molecular weight is 368 g/mol. The fraction of sp³-hybridized carbons (Fsp3) is 0.667. The molecule has 4 atom stereocenters. The molecule has 1 aromatic rings. The van der Waals surface area contributed by atoms with Crippen molar-refractivity contribution in [2.24, 2.45) is 17.8 Å². The van der Waals surface area contributed by atoms with Gasteiger partial charge in [-0.2, -0.15) is 0 Å². The highest BCUT2D eigenvalue weighted by atomic mass is 79.9. The lowest BCUT2D eigenvalue weighted by Crippen LogP contribution is -2.34. The lowest BCUT2D eigenvalue weighted by Gasteiger charge is -2.27. The lowest BCUT2D eigenvalue weighted by molar-refractivity contribution is 0.287. The highest BCUT2D eigenvalue weighted by molar-refractivity contribution is 9.10. The van der Waals surface area contributed by atoms with Crippen molar-refractivity contribution in [2.45, 2.75) is 50.0 Å². The molecule has 0 aromatic heterocycles. The third kappa shape index (κ3) is 4.27. The fourth-order valence-electron chi connectivity index (χ4n) is 4.28. The Labute approximate surface area is 141 Å². The number of thioether (sulfide) groups is 1. The summed E-state index contributed by atoms with van der Waals surface area (Å²) in [6, 6.07) is 9.34. The van der Waals surface area contributed by atoms with Gasteiger partial charge in [-0.3, -0.25) is 0 Å². The summed E-state index contributed by atoms with van der Waals surface area (Å²) in [5, 5.41) is 3.72. The number of nitrogens with one attached hydrogen (secondary N) is 1. The smallest absolute Gasteiger partial charge is 0.0186 e. The molecule has 0 aliphatic heterocycles. The minimum absolute atomic E-state index is 0.670. The van der Waals surface area contributed by atoms with Gasteiger partial charge < -0.3 is 5.32 Å². The highest BCUT2D eigenvalue weighted by Gasteiger charge is 2.39. The molecule has 0 spiro atoms. The van der Waals surface area contributed by atoms with Crippen molar-refractivity contribution >= 4 is 27.7 Å². The van der Waals surface area contributed by atoms with E-state index in [9.17, 15) is 0 Å².